The maximum atomic E-state index is 13.4. The summed E-state index contributed by atoms with van der Waals surface area (Å²) in [5.41, 5.74) is 2.01. The van der Waals surface area contributed by atoms with E-state index in [-0.39, 0.29) is 40.9 Å². The van der Waals surface area contributed by atoms with E-state index in [0.29, 0.717) is 38.1 Å². The van der Waals surface area contributed by atoms with Crippen LogP contribution in [0, 0.1) is 11.8 Å². The van der Waals surface area contributed by atoms with Crippen LogP contribution in [0.1, 0.15) is 57.9 Å². The van der Waals surface area contributed by atoms with Crippen LogP contribution < -0.4 is 5.32 Å². The number of nitrogens with one attached hydrogen (secondary N) is 1. The lowest BCUT2D eigenvalue weighted by atomic mass is 10.00. The van der Waals surface area contributed by atoms with Crippen LogP contribution in [-0.4, -0.2) is 82.1 Å². The zero-order valence-electron chi connectivity index (χ0n) is 22.1. The second kappa shape index (κ2) is 11.6. The quantitative estimate of drug-likeness (QED) is 0.575. The number of thioether (sulfide) groups is 1. The molecule has 3 unspecified atom stereocenters. The molecule has 1 N–H and O–H groups in total. The largest absolute Gasteiger partial charge is 0.381 e. The van der Waals surface area contributed by atoms with Gasteiger partial charge in [0.2, 0.25) is 11.8 Å². The number of rotatable bonds is 7. The molecule has 0 aromatic heterocycles. The molecule has 0 saturated carbocycles. The van der Waals surface area contributed by atoms with Gasteiger partial charge in [-0.05, 0) is 49.7 Å². The second-order valence-corrected chi connectivity index (χ2v) is 12.6. The lowest BCUT2D eigenvalue weighted by molar-refractivity contribution is -0.137. The van der Waals surface area contributed by atoms with Crippen LogP contribution in [0.4, 0.5) is 10.5 Å². The van der Waals surface area contributed by atoms with Crippen LogP contribution in [0.15, 0.2) is 24.3 Å². The third-order valence-electron chi connectivity index (χ3n) is 8.19. The maximum absolute atomic E-state index is 13.4. The van der Waals surface area contributed by atoms with Crippen LogP contribution in [0.2, 0.25) is 0 Å². The summed E-state index contributed by atoms with van der Waals surface area (Å²) in [5.74, 6) is 1.04. The third kappa shape index (κ3) is 5.93. The van der Waals surface area contributed by atoms with E-state index in [2.05, 4.69) is 19.2 Å². The average molecular weight is 529 g/mol. The smallest absolute Gasteiger partial charge is 0.322 e. The lowest BCUT2D eigenvalue weighted by Gasteiger charge is -2.40. The highest BCUT2D eigenvalue weighted by atomic mass is 32.2. The van der Waals surface area contributed by atoms with E-state index in [4.69, 9.17) is 4.74 Å². The molecule has 4 aliphatic heterocycles. The van der Waals surface area contributed by atoms with Gasteiger partial charge >= 0.3 is 6.03 Å². The Morgan fingerprint density at radius 2 is 1.95 bits per heavy atom. The summed E-state index contributed by atoms with van der Waals surface area (Å²) in [6.45, 7) is 8.47. The molecular formula is C28H40N4O4S. The van der Waals surface area contributed by atoms with E-state index >= 15 is 0 Å². The first-order valence-electron chi connectivity index (χ1n) is 13.9. The van der Waals surface area contributed by atoms with E-state index in [9.17, 15) is 14.4 Å². The van der Waals surface area contributed by atoms with E-state index in [1.165, 1.54) is 0 Å². The van der Waals surface area contributed by atoms with Crippen molar-refractivity contribution in [3.05, 3.63) is 29.8 Å². The molecule has 37 heavy (non-hydrogen) atoms. The van der Waals surface area contributed by atoms with Gasteiger partial charge in [-0.25, -0.2) is 4.79 Å². The first-order chi connectivity index (χ1) is 17.9. The lowest BCUT2D eigenvalue weighted by Crippen LogP contribution is -2.51. The number of hydrogen-bond donors (Lipinski definition) is 1. The van der Waals surface area contributed by atoms with Crippen LogP contribution in [0.5, 0.6) is 0 Å². The van der Waals surface area contributed by atoms with Crippen LogP contribution >= 0.6 is 11.8 Å². The first-order valence-corrected chi connectivity index (χ1v) is 14.8. The number of hydrogen-bond acceptors (Lipinski definition) is 5. The van der Waals surface area contributed by atoms with Gasteiger partial charge in [0.25, 0.3) is 0 Å². The highest BCUT2D eigenvalue weighted by molar-refractivity contribution is 8.01. The van der Waals surface area contributed by atoms with E-state index < -0.39 is 0 Å². The summed E-state index contributed by atoms with van der Waals surface area (Å²) < 4.78 is 5.74. The number of para-hydroxylation sites is 1. The SMILES string of the molecule is CC(C)CCN1C(=O)C(CC(=O)N2CCC(N3Cc4ccccc4NC3=O)CC2)SC1C1CCCOC1. The van der Waals surface area contributed by atoms with Gasteiger partial charge in [-0.2, -0.15) is 0 Å². The summed E-state index contributed by atoms with van der Waals surface area (Å²) in [5, 5.41) is 2.79. The van der Waals surface area contributed by atoms with Gasteiger partial charge in [0.1, 0.15) is 0 Å². The molecule has 3 atom stereocenters. The molecule has 0 bridgehead atoms. The van der Waals surface area contributed by atoms with Crippen molar-refractivity contribution in [3.8, 4) is 0 Å². The number of urea groups is 1. The van der Waals surface area contributed by atoms with E-state index in [0.717, 1.165) is 56.5 Å². The van der Waals surface area contributed by atoms with Crippen molar-refractivity contribution in [2.45, 2.75) is 75.6 Å². The zero-order valence-corrected chi connectivity index (χ0v) is 22.9. The number of benzene rings is 1. The monoisotopic (exact) mass is 528 g/mol. The Morgan fingerprint density at radius 1 is 1.16 bits per heavy atom. The Kier molecular flexibility index (Phi) is 8.29. The molecule has 4 heterocycles. The van der Waals surface area contributed by atoms with Crippen molar-refractivity contribution in [1.82, 2.24) is 14.7 Å². The van der Waals surface area contributed by atoms with Crippen molar-refractivity contribution in [1.29, 1.82) is 0 Å². The summed E-state index contributed by atoms with van der Waals surface area (Å²) >= 11 is 1.68. The normalized spacial score (nSPS) is 27.0. The Morgan fingerprint density at radius 3 is 2.68 bits per heavy atom. The van der Waals surface area contributed by atoms with E-state index in [1.54, 1.807) is 11.8 Å². The number of carbonyl (C=O) groups excluding carboxylic acids is 3. The van der Waals surface area contributed by atoms with Gasteiger partial charge in [-0.15, -0.1) is 11.8 Å². The topological polar surface area (TPSA) is 82.2 Å². The molecule has 1 aromatic carbocycles. The van der Waals surface area contributed by atoms with Crippen molar-refractivity contribution < 1.29 is 19.1 Å². The van der Waals surface area contributed by atoms with Gasteiger partial charge in [0.05, 0.1) is 17.2 Å². The number of nitrogens with zero attached hydrogens (tertiary/aromatic N) is 3. The molecule has 5 rings (SSSR count). The summed E-state index contributed by atoms with van der Waals surface area (Å²) in [6, 6.07) is 7.96. The Balaban J connectivity index is 1.16. The molecule has 3 fully saturated rings. The minimum absolute atomic E-state index is 0.0575. The Bertz CT molecular complexity index is 990. The second-order valence-electron chi connectivity index (χ2n) is 11.2. The molecule has 1 aromatic rings. The number of carbonyl (C=O) groups is 3. The van der Waals surface area contributed by atoms with Gasteiger partial charge in [0.15, 0.2) is 0 Å². The highest BCUT2D eigenvalue weighted by Gasteiger charge is 2.45. The van der Waals surface area contributed by atoms with Crippen molar-refractivity contribution in [3.63, 3.8) is 0 Å². The fourth-order valence-electron chi connectivity index (χ4n) is 5.97. The van der Waals surface area contributed by atoms with Crippen LogP contribution in [-0.2, 0) is 20.9 Å². The minimum Gasteiger partial charge on any atom is -0.381 e. The predicted molar refractivity (Wildman–Crippen MR) is 145 cm³/mol. The summed E-state index contributed by atoms with van der Waals surface area (Å²) in [7, 11) is 0. The fourth-order valence-corrected chi connectivity index (χ4v) is 7.59. The van der Waals surface area contributed by atoms with Crippen molar-refractivity contribution in [2.75, 3.05) is 38.2 Å². The molecule has 4 aliphatic rings. The van der Waals surface area contributed by atoms with Gasteiger partial charge < -0.3 is 24.8 Å². The zero-order chi connectivity index (χ0) is 25.9. The molecular weight excluding hydrogens is 488 g/mol. The molecule has 0 aliphatic carbocycles. The molecule has 4 amide bonds. The fraction of sp³-hybridized carbons (Fsp3) is 0.679. The standard InChI is InChI=1S/C28H40N4O4S/c1-19(2)9-14-31-26(34)24(37-27(31)21-7-5-15-36-18-21)16-25(33)30-12-10-22(11-13-30)32-17-20-6-3-4-8-23(20)29-28(32)35/h3-4,6,8,19,21-22,24,27H,5,7,9-18H2,1-2H3,(H,29,35). The third-order valence-corrected chi connectivity index (χ3v) is 9.81. The van der Waals surface area contributed by atoms with Crippen molar-refractivity contribution >= 4 is 35.3 Å². The molecule has 0 radical (unpaired) electrons. The van der Waals surface area contributed by atoms with Crippen molar-refractivity contribution in [2.24, 2.45) is 11.8 Å². The molecule has 0 spiro atoms. The van der Waals surface area contributed by atoms with Crippen LogP contribution in [0.3, 0.4) is 0 Å². The number of ether oxygens (including phenoxy) is 1. The van der Waals surface area contributed by atoms with E-state index in [1.807, 2.05) is 39.0 Å². The average Bonchev–Trinajstić information content (AvgIpc) is 3.22. The predicted octanol–water partition coefficient (Wildman–Crippen LogP) is 4.16. The summed E-state index contributed by atoms with van der Waals surface area (Å²) in [4.78, 5) is 45.3. The molecule has 8 nitrogen and oxygen atoms in total. The molecule has 9 heteroatoms. The number of likely N-dealkylation sites (tertiary alicyclic amines) is 1. The summed E-state index contributed by atoms with van der Waals surface area (Å²) in [6.07, 6.45) is 4.86. The molecule has 202 valence electrons. The number of anilines is 1. The number of fused-ring (bicyclic) bond motifs is 1. The Hall–Kier alpha value is -2.26. The minimum atomic E-state index is -0.311. The molecule has 3 saturated heterocycles. The van der Waals surface area contributed by atoms with Gasteiger partial charge in [-0.3, -0.25) is 9.59 Å². The van der Waals surface area contributed by atoms with Gasteiger partial charge in [0, 0.05) is 56.9 Å². The number of piperidine rings is 1. The first kappa shape index (κ1) is 26.4. The van der Waals surface area contributed by atoms with Crippen LogP contribution in [0.25, 0.3) is 0 Å². The highest BCUT2D eigenvalue weighted by Crippen LogP contribution is 2.41. The number of amides is 4. The maximum Gasteiger partial charge on any atom is 0.322 e. The Labute approximate surface area is 224 Å². The van der Waals surface area contributed by atoms with Gasteiger partial charge in [-0.1, -0.05) is 32.0 Å².